The van der Waals surface area contributed by atoms with E-state index in [4.69, 9.17) is 0 Å². The number of nitrogens with zero attached hydrogens (tertiary/aromatic N) is 1. The smallest absolute Gasteiger partial charge is 0.293 e. The third kappa shape index (κ3) is 4.08. The third-order valence-corrected chi connectivity index (χ3v) is 5.27. The molecule has 2 aliphatic rings. The largest absolute Gasteiger partial charge is 0.377 e. The molecule has 8 nitrogen and oxygen atoms in total. The summed E-state index contributed by atoms with van der Waals surface area (Å²) in [6, 6.07) is 6.50. The molecule has 1 heterocycles. The lowest BCUT2D eigenvalue weighted by molar-refractivity contribution is -0.384. The second-order valence-corrected chi connectivity index (χ2v) is 7.69. The van der Waals surface area contributed by atoms with E-state index in [0.29, 0.717) is 16.3 Å². The van der Waals surface area contributed by atoms with Crippen LogP contribution in [0.25, 0.3) is 0 Å². The molecule has 1 aromatic carbocycles. The summed E-state index contributed by atoms with van der Waals surface area (Å²) in [5, 5.41) is 22.2. The molecular weight excluding hydrogens is 368 g/mol. The van der Waals surface area contributed by atoms with Crippen LogP contribution >= 0.6 is 11.3 Å². The summed E-state index contributed by atoms with van der Waals surface area (Å²) in [5.41, 5.74) is 0.860. The normalized spacial score (nSPS) is 15.9. The minimum atomic E-state index is -0.499. The lowest BCUT2D eigenvalue weighted by Crippen LogP contribution is -2.26. The van der Waals surface area contributed by atoms with E-state index in [1.807, 2.05) is 0 Å². The van der Waals surface area contributed by atoms with Crippen molar-refractivity contribution in [2.75, 3.05) is 10.6 Å². The Hall–Kier alpha value is -2.94. The summed E-state index contributed by atoms with van der Waals surface area (Å²) in [4.78, 5) is 35.7. The van der Waals surface area contributed by atoms with Gasteiger partial charge < -0.3 is 16.0 Å². The standard InChI is InChI=1S/C18H18N4O4S/c23-16(21-18-13(7-8-27-18)17(24)20-12-4-5-12)10-1-6-14(19-11-2-3-11)15(9-10)22(25)26/h1,6-9,11-12,19H,2-5H2,(H,20,24)(H,21,23). The molecule has 1 aromatic heterocycles. The Kier molecular flexibility index (Phi) is 4.53. The van der Waals surface area contributed by atoms with Gasteiger partial charge in [-0.25, -0.2) is 0 Å². The monoisotopic (exact) mass is 386 g/mol. The molecule has 2 amide bonds. The second kappa shape index (κ2) is 6.99. The Morgan fingerprint density at radius 1 is 1.07 bits per heavy atom. The summed E-state index contributed by atoms with van der Waals surface area (Å²) in [7, 11) is 0. The number of nitro benzene ring substituents is 1. The summed E-state index contributed by atoms with van der Waals surface area (Å²) >= 11 is 1.24. The van der Waals surface area contributed by atoms with Crippen molar-refractivity contribution in [3.05, 3.63) is 50.9 Å². The molecule has 4 rings (SSSR count). The van der Waals surface area contributed by atoms with Gasteiger partial charge in [-0.15, -0.1) is 11.3 Å². The second-order valence-electron chi connectivity index (χ2n) is 6.77. The number of hydrogen-bond donors (Lipinski definition) is 3. The van der Waals surface area contributed by atoms with Gasteiger partial charge in [-0.05, 0) is 49.3 Å². The molecule has 0 bridgehead atoms. The van der Waals surface area contributed by atoms with E-state index in [-0.39, 0.29) is 29.2 Å². The number of carbonyl (C=O) groups excluding carboxylic acids is 2. The van der Waals surface area contributed by atoms with Gasteiger partial charge in [0.15, 0.2) is 0 Å². The quantitative estimate of drug-likeness (QED) is 0.499. The molecule has 3 N–H and O–H groups in total. The molecule has 0 spiro atoms. The van der Waals surface area contributed by atoms with Crippen LogP contribution in [0.4, 0.5) is 16.4 Å². The van der Waals surface area contributed by atoms with Crippen molar-refractivity contribution in [1.82, 2.24) is 5.32 Å². The highest BCUT2D eigenvalue weighted by atomic mass is 32.1. The minimum absolute atomic E-state index is 0.132. The Bertz CT molecular complexity index is 918. The zero-order chi connectivity index (χ0) is 19.0. The van der Waals surface area contributed by atoms with Gasteiger partial charge in [0.25, 0.3) is 17.5 Å². The maximum Gasteiger partial charge on any atom is 0.293 e. The van der Waals surface area contributed by atoms with Gasteiger partial charge in [-0.3, -0.25) is 19.7 Å². The highest BCUT2D eigenvalue weighted by molar-refractivity contribution is 7.14. The predicted molar refractivity (Wildman–Crippen MR) is 103 cm³/mol. The molecule has 2 aromatic rings. The van der Waals surface area contributed by atoms with Crippen LogP contribution in [-0.2, 0) is 0 Å². The Morgan fingerprint density at radius 2 is 1.81 bits per heavy atom. The van der Waals surface area contributed by atoms with Gasteiger partial charge in [0.05, 0.1) is 10.5 Å². The van der Waals surface area contributed by atoms with E-state index in [0.717, 1.165) is 25.7 Å². The first-order valence-electron chi connectivity index (χ1n) is 8.76. The number of hydrogen-bond acceptors (Lipinski definition) is 6. The highest BCUT2D eigenvalue weighted by Gasteiger charge is 2.27. The lowest BCUT2D eigenvalue weighted by atomic mass is 10.1. The zero-order valence-electron chi connectivity index (χ0n) is 14.4. The first kappa shape index (κ1) is 17.5. The van der Waals surface area contributed by atoms with Crippen molar-refractivity contribution in [2.24, 2.45) is 0 Å². The minimum Gasteiger partial charge on any atom is -0.377 e. The number of thiophene rings is 1. The van der Waals surface area contributed by atoms with E-state index >= 15 is 0 Å². The number of carbonyl (C=O) groups is 2. The SMILES string of the molecule is O=C(Nc1sccc1C(=O)NC1CC1)c1ccc(NC2CC2)c([N+](=O)[O-])c1. The molecule has 27 heavy (non-hydrogen) atoms. The number of rotatable bonds is 7. The third-order valence-electron chi connectivity index (χ3n) is 4.44. The number of benzene rings is 1. The Labute approximate surface area is 159 Å². The fourth-order valence-electron chi connectivity index (χ4n) is 2.64. The first-order chi connectivity index (χ1) is 13.0. The maximum atomic E-state index is 12.6. The number of nitrogens with one attached hydrogen (secondary N) is 3. The van der Waals surface area contributed by atoms with Gasteiger partial charge in [0.2, 0.25) is 0 Å². The molecule has 0 atom stereocenters. The van der Waals surface area contributed by atoms with Gasteiger partial charge in [-0.2, -0.15) is 0 Å². The van der Waals surface area contributed by atoms with Crippen molar-refractivity contribution in [1.29, 1.82) is 0 Å². The molecule has 140 valence electrons. The van der Waals surface area contributed by atoms with Crippen molar-refractivity contribution >= 4 is 39.5 Å². The van der Waals surface area contributed by atoms with E-state index in [1.165, 1.54) is 17.4 Å². The molecule has 2 aliphatic carbocycles. The molecule has 9 heteroatoms. The average molecular weight is 386 g/mol. The van der Waals surface area contributed by atoms with E-state index in [1.54, 1.807) is 23.6 Å². The fraction of sp³-hybridized carbons (Fsp3) is 0.333. The molecule has 0 radical (unpaired) electrons. The van der Waals surface area contributed by atoms with Gasteiger partial charge in [0.1, 0.15) is 10.7 Å². The van der Waals surface area contributed by atoms with E-state index in [9.17, 15) is 19.7 Å². The molecule has 2 saturated carbocycles. The summed E-state index contributed by atoms with van der Waals surface area (Å²) < 4.78 is 0. The van der Waals surface area contributed by atoms with Crippen molar-refractivity contribution in [3.8, 4) is 0 Å². The van der Waals surface area contributed by atoms with Crippen molar-refractivity contribution in [3.63, 3.8) is 0 Å². The Morgan fingerprint density at radius 3 is 2.48 bits per heavy atom. The number of amides is 2. The van der Waals surface area contributed by atoms with E-state index < -0.39 is 10.8 Å². The van der Waals surface area contributed by atoms with Crippen LogP contribution in [-0.4, -0.2) is 28.8 Å². The summed E-state index contributed by atoms with van der Waals surface area (Å²) in [5.74, 6) is -0.706. The lowest BCUT2D eigenvalue weighted by Gasteiger charge is -2.09. The maximum absolute atomic E-state index is 12.6. The molecule has 0 aliphatic heterocycles. The van der Waals surface area contributed by atoms with Crippen LogP contribution in [0.1, 0.15) is 46.4 Å². The average Bonchev–Trinajstić information content (AvgIpc) is 3.56. The molecule has 0 unspecified atom stereocenters. The molecular formula is C18H18N4O4S. The van der Waals surface area contributed by atoms with E-state index in [2.05, 4.69) is 16.0 Å². The van der Waals surface area contributed by atoms with Gasteiger partial charge in [-0.1, -0.05) is 0 Å². The van der Waals surface area contributed by atoms with Crippen molar-refractivity contribution in [2.45, 2.75) is 37.8 Å². The number of nitro groups is 1. The van der Waals surface area contributed by atoms with Gasteiger partial charge >= 0.3 is 0 Å². The zero-order valence-corrected chi connectivity index (χ0v) is 15.2. The van der Waals surface area contributed by atoms with Gasteiger partial charge in [0, 0.05) is 23.7 Å². The topological polar surface area (TPSA) is 113 Å². The molecule has 0 saturated heterocycles. The predicted octanol–water partition coefficient (Wildman–Crippen LogP) is 3.38. The number of anilines is 2. The highest BCUT2D eigenvalue weighted by Crippen LogP contribution is 2.32. The summed E-state index contributed by atoms with van der Waals surface area (Å²) in [6.45, 7) is 0. The fourth-order valence-corrected chi connectivity index (χ4v) is 3.42. The van der Waals surface area contributed by atoms with Crippen molar-refractivity contribution < 1.29 is 14.5 Å². The van der Waals surface area contributed by atoms with Crippen LogP contribution in [0.2, 0.25) is 0 Å². The first-order valence-corrected chi connectivity index (χ1v) is 9.64. The summed E-state index contributed by atoms with van der Waals surface area (Å²) in [6.07, 6.45) is 3.93. The molecule has 2 fully saturated rings. The van der Waals surface area contributed by atoms with Crippen LogP contribution in [0.15, 0.2) is 29.6 Å². The van der Waals surface area contributed by atoms with Crippen LogP contribution < -0.4 is 16.0 Å². The van der Waals surface area contributed by atoms with Crippen LogP contribution in [0, 0.1) is 10.1 Å². The van der Waals surface area contributed by atoms with Crippen LogP contribution in [0.3, 0.4) is 0 Å². The Balaban J connectivity index is 1.51. The van der Waals surface area contributed by atoms with Crippen LogP contribution in [0.5, 0.6) is 0 Å².